The maximum atomic E-state index is 5.76. The van der Waals surface area contributed by atoms with E-state index in [1.165, 1.54) is 25.7 Å². The molecule has 2 nitrogen and oxygen atoms in total. The quantitative estimate of drug-likeness (QED) is 0.884. The van der Waals surface area contributed by atoms with Gasteiger partial charge in [-0.3, -0.25) is 0 Å². The molecule has 1 aromatic heterocycles. The van der Waals surface area contributed by atoms with Crippen LogP contribution in [0.2, 0.25) is 0 Å². The van der Waals surface area contributed by atoms with Gasteiger partial charge in [-0.25, -0.2) is 0 Å². The summed E-state index contributed by atoms with van der Waals surface area (Å²) < 4.78 is 6.61. The van der Waals surface area contributed by atoms with E-state index in [-0.39, 0.29) is 0 Å². The molecule has 0 aliphatic heterocycles. The maximum Gasteiger partial charge on any atom is 0.169 e. The molecule has 0 saturated heterocycles. The third-order valence-corrected chi connectivity index (χ3v) is 4.80. The Kier molecular flexibility index (Phi) is 3.31. The van der Waals surface area contributed by atoms with E-state index in [1.807, 2.05) is 6.07 Å². The van der Waals surface area contributed by atoms with Gasteiger partial charge in [0.1, 0.15) is 5.76 Å². The van der Waals surface area contributed by atoms with Gasteiger partial charge in [0.05, 0.1) is 6.04 Å². The summed E-state index contributed by atoms with van der Waals surface area (Å²) >= 11 is 3.40. The van der Waals surface area contributed by atoms with Crippen LogP contribution >= 0.6 is 15.9 Å². The molecule has 1 N–H and O–H groups in total. The SMILES string of the molecule is CCCNC(c1ccc(Br)o1)C1C2CCCC21. The molecule has 3 rings (SSSR count). The van der Waals surface area contributed by atoms with Crippen LogP contribution in [-0.2, 0) is 0 Å². The van der Waals surface area contributed by atoms with E-state index in [0.717, 1.165) is 34.7 Å². The van der Waals surface area contributed by atoms with Crippen molar-refractivity contribution in [2.75, 3.05) is 6.54 Å². The number of halogens is 1. The lowest BCUT2D eigenvalue weighted by Gasteiger charge is -2.18. The molecule has 94 valence electrons. The monoisotopic (exact) mass is 297 g/mol. The van der Waals surface area contributed by atoms with Crippen LogP contribution in [0.4, 0.5) is 0 Å². The first-order valence-electron chi connectivity index (χ1n) is 6.80. The number of hydrogen-bond acceptors (Lipinski definition) is 2. The summed E-state index contributed by atoms with van der Waals surface area (Å²) in [4.78, 5) is 0. The van der Waals surface area contributed by atoms with Crippen molar-refractivity contribution >= 4 is 15.9 Å². The smallest absolute Gasteiger partial charge is 0.169 e. The Morgan fingerprint density at radius 3 is 2.76 bits per heavy atom. The second-order valence-corrected chi connectivity index (χ2v) is 6.19. The highest BCUT2D eigenvalue weighted by atomic mass is 79.9. The Bertz CT molecular complexity index is 379. The number of hydrogen-bond donors (Lipinski definition) is 1. The topological polar surface area (TPSA) is 25.2 Å². The summed E-state index contributed by atoms with van der Waals surface area (Å²) in [6.07, 6.45) is 5.48. The average Bonchev–Trinajstić information content (AvgIpc) is 2.73. The lowest BCUT2D eigenvalue weighted by Crippen LogP contribution is -2.25. The van der Waals surface area contributed by atoms with Crippen molar-refractivity contribution in [1.82, 2.24) is 5.32 Å². The molecule has 1 heterocycles. The van der Waals surface area contributed by atoms with E-state index in [0.29, 0.717) is 6.04 Å². The standard InChI is InChI=1S/C14H20BrNO/c1-2-8-16-14(11-6-7-12(15)17-11)13-9-4-3-5-10(9)13/h6-7,9-10,13-14,16H,2-5,8H2,1H3. The van der Waals surface area contributed by atoms with Gasteiger partial charge in [-0.2, -0.15) is 0 Å². The molecular formula is C14H20BrNO. The molecule has 2 saturated carbocycles. The van der Waals surface area contributed by atoms with Crippen molar-refractivity contribution in [3.05, 3.63) is 22.6 Å². The van der Waals surface area contributed by atoms with E-state index in [9.17, 15) is 0 Å². The van der Waals surface area contributed by atoms with Gasteiger partial charge in [0.25, 0.3) is 0 Å². The van der Waals surface area contributed by atoms with Crippen LogP contribution in [-0.4, -0.2) is 6.54 Å². The molecule has 0 spiro atoms. The molecule has 3 atom stereocenters. The Morgan fingerprint density at radius 2 is 2.18 bits per heavy atom. The number of nitrogens with one attached hydrogen (secondary N) is 1. The minimum absolute atomic E-state index is 0.441. The highest BCUT2D eigenvalue weighted by molar-refractivity contribution is 9.10. The first-order chi connectivity index (χ1) is 8.31. The van der Waals surface area contributed by atoms with Crippen molar-refractivity contribution in [2.24, 2.45) is 17.8 Å². The Balaban J connectivity index is 1.73. The predicted molar refractivity (Wildman–Crippen MR) is 71.8 cm³/mol. The summed E-state index contributed by atoms with van der Waals surface area (Å²) in [5.41, 5.74) is 0. The van der Waals surface area contributed by atoms with Crippen LogP contribution in [0.15, 0.2) is 21.2 Å². The zero-order valence-electron chi connectivity index (χ0n) is 10.3. The maximum absolute atomic E-state index is 5.76. The van der Waals surface area contributed by atoms with Gasteiger partial charge in [-0.15, -0.1) is 0 Å². The minimum atomic E-state index is 0.441. The summed E-state index contributed by atoms with van der Waals surface area (Å²) in [6, 6.07) is 4.57. The number of fused-ring (bicyclic) bond motifs is 1. The largest absolute Gasteiger partial charge is 0.453 e. The number of furan rings is 1. The van der Waals surface area contributed by atoms with E-state index >= 15 is 0 Å². The highest BCUT2D eigenvalue weighted by Gasteiger charge is 2.56. The zero-order chi connectivity index (χ0) is 11.8. The van der Waals surface area contributed by atoms with E-state index in [2.05, 4.69) is 34.2 Å². The number of rotatable bonds is 5. The Hall–Kier alpha value is -0.280. The van der Waals surface area contributed by atoms with Crippen molar-refractivity contribution < 1.29 is 4.42 Å². The third-order valence-electron chi connectivity index (χ3n) is 4.37. The fourth-order valence-corrected chi connectivity index (χ4v) is 3.91. The summed E-state index contributed by atoms with van der Waals surface area (Å²) in [7, 11) is 0. The van der Waals surface area contributed by atoms with Gasteiger partial charge >= 0.3 is 0 Å². The first-order valence-corrected chi connectivity index (χ1v) is 7.59. The lowest BCUT2D eigenvalue weighted by atomic mass is 10.0. The zero-order valence-corrected chi connectivity index (χ0v) is 11.9. The van der Waals surface area contributed by atoms with Crippen molar-refractivity contribution in [3.8, 4) is 0 Å². The van der Waals surface area contributed by atoms with Crippen LogP contribution in [0, 0.1) is 17.8 Å². The summed E-state index contributed by atoms with van der Waals surface area (Å²) in [5.74, 6) is 3.87. The van der Waals surface area contributed by atoms with Gasteiger partial charge in [-0.1, -0.05) is 13.3 Å². The first kappa shape index (κ1) is 11.8. The van der Waals surface area contributed by atoms with Crippen LogP contribution < -0.4 is 5.32 Å². The van der Waals surface area contributed by atoms with Crippen molar-refractivity contribution in [3.63, 3.8) is 0 Å². The van der Waals surface area contributed by atoms with Gasteiger partial charge in [0.2, 0.25) is 0 Å². The van der Waals surface area contributed by atoms with Crippen molar-refractivity contribution in [1.29, 1.82) is 0 Å². The molecule has 3 unspecified atom stereocenters. The van der Waals surface area contributed by atoms with Gasteiger partial charge in [-0.05, 0) is 71.6 Å². The molecule has 0 radical (unpaired) electrons. The van der Waals surface area contributed by atoms with Gasteiger partial charge in [0.15, 0.2) is 4.67 Å². The summed E-state index contributed by atoms with van der Waals surface area (Å²) in [5, 5.41) is 3.68. The average molecular weight is 298 g/mol. The Morgan fingerprint density at radius 1 is 1.41 bits per heavy atom. The lowest BCUT2D eigenvalue weighted by molar-refractivity contribution is 0.344. The second kappa shape index (κ2) is 4.77. The molecule has 2 aliphatic carbocycles. The summed E-state index contributed by atoms with van der Waals surface area (Å²) in [6.45, 7) is 3.30. The fraction of sp³-hybridized carbons (Fsp3) is 0.714. The fourth-order valence-electron chi connectivity index (χ4n) is 3.59. The highest BCUT2D eigenvalue weighted by Crippen LogP contribution is 2.62. The molecular weight excluding hydrogens is 278 g/mol. The molecule has 2 fully saturated rings. The van der Waals surface area contributed by atoms with Crippen molar-refractivity contribution in [2.45, 2.75) is 38.6 Å². The van der Waals surface area contributed by atoms with Crippen LogP contribution in [0.1, 0.15) is 44.4 Å². The second-order valence-electron chi connectivity index (χ2n) is 5.41. The van der Waals surface area contributed by atoms with Gasteiger partial charge < -0.3 is 9.73 Å². The van der Waals surface area contributed by atoms with Crippen LogP contribution in [0.3, 0.4) is 0 Å². The molecule has 0 aromatic carbocycles. The van der Waals surface area contributed by atoms with E-state index in [4.69, 9.17) is 4.42 Å². The molecule has 0 amide bonds. The van der Waals surface area contributed by atoms with Crippen LogP contribution in [0.5, 0.6) is 0 Å². The van der Waals surface area contributed by atoms with Gasteiger partial charge in [0, 0.05) is 0 Å². The van der Waals surface area contributed by atoms with E-state index < -0.39 is 0 Å². The molecule has 17 heavy (non-hydrogen) atoms. The normalized spacial score (nSPS) is 32.5. The molecule has 0 bridgehead atoms. The molecule has 1 aromatic rings. The van der Waals surface area contributed by atoms with E-state index in [1.54, 1.807) is 0 Å². The molecule has 2 aliphatic rings. The Labute approximate surface area is 111 Å². The molecule has 3 heteroatoms. The minimum Gasteiger partial charge on any atom is -0.453 e. The van der Waals surface area contributed by atoms with Crippen LogP contribution in [0.25, 0.3) is 0 Å². The predicted octanol–water partition coefficient (Wildman–Crippen LogP) is 4.13. The third kappa shape index (κ3) is 2.19.